The van der Waals surface area contributed by atoms with Crippen LogP contribution in [0.5, 0.6) is 0 Å². The van der Waals surface area contributed by atoms with Gasteiger partial charge in [0, 0.05) is 19.3 Å². The Morgan fingerprint density at radius 2 is 1.78 bits per heavy atom. The van der Waals surface area contributed by atoms with Crippen molar-refractivity contribution >= 4 is 61.3 Å². The number of azo groups is 1. The molecule has 1 aromatic heterocycles. The molecule has 0 radical (unpaired) electrons. The van der Waals surface area contributed by atoms with E-state index in [1.807, 2.05) is 31.3 Å². The SMILES string of the molecule is CCN(C)c1ccc(N=Nc2nc3cc(Cl)c(Cl)cc3s2)cc1. The molecule has 2 aromatic carbocycles. The Kier molecular flexibility index (Phi) is 4.80. The Balaban J connectivity index is 1.82. The minimum Gasteiger partial charge on any atom is -0.375 e. The number of rotatable bonds is 4. The molecule has 3 rings (SSSR count). The summed E-state index contributed by atoms with van der Waals surface area (Å²) in [5, 5.41) is 10.0. The van der Waals surface area contributed by atoms with Crippen molar-refractivity contribution in [3.63, 3.8) is 0 Å². The third-order valence-electron chi connectivity index (χ3n) is 3.44. The number of aromatic nitrogens is 1. The van der Waals surface area contributed by atoms with Crippen molar-refractivity contribution in [3.05, 3.63) is 46.4 Å². The van der Waals surface area contributed by atoms with Gasteiger partial charge in [0.25, 0.3) is 0 Å². The molecule has 0 fully saturated rings. The summed E-state index contributed by atoms with van der Waals surface area (Å²) in [6, 6.07) is 11.5. The molecule has 0 aliphatic heterocycles. The maximum absolute atomic E-state index is 6.01. The minimum absolute atomic E-state index is 0.489. The normalized spacial score (nSPS) is 11.5. The molecular formula is C16H14Cl2N4S. The molecule has 118 valence electrons. The molecule has 7 heteroatoms. The molecule has 0 bridgehead atoms. The van der Waals surface area contributed by atoms with Crippen molar-refractivity contribution < 1.29 is 0 Å². The summed E-state index contributed by atoms with van der Waals surface area (Å²) in [7, 11) is 2.05. The zero-order valence-corrected chi connectivity index (χ0v) is 15.0. The van der Waals surface area contributed by atoms with E-state index in [1.165, 1.54) is 11.3 Å². The van der Waals surface area contributed by atoms with Gasteiger partial charge in [0.1, 0.15) is 0 Å². The lowest BCUT2D eigenvalue weighted by molar-refractivity contribution is 0.968. The first-order chi connectivity index (χ1) is 11.1. The second-order valence-electron chi connectivity index (χ2n) is 4.96. The van der Waals surface area contributed by atoms with E-state index in [2.05, 4.69) is 27.0 Å². The third kappa shape index (κ3) is 3.63. The number of benzene rings is 2. The highest BCUT2D eigenvalue weighted by Crippen LogP contribution is 2.34. The summed E-state index contributed by atoms with van der Waals surface area (Å²) in [6.45, 7) is 3.07. The van der Waals surface area contributed by atoms with Crippen LogP contribution in [0, 0.1) is 0 Å². The van der Waals surface area contributed by atoms with Crippen molar-refractivity contribution in [3.8, 4) is 0 Å². The highest BCUT2D eigenvalue weighted by atomic mass is 35.5. The Morgan fingerprint density at radius 3 is 2.48 bits per heavy atom. The number of hydrogen-bond acceptors (Lipinski definition) is 5. The number of fused-ring (bicyclic) bond motifs is 1. The van der Waals surface area contributed by atoms with Gasteiger partial charge in [-0.3, -0.25) is 0 Å². The number of nitrogens with zero attached hydrogens (tertiary/aromatic N) is 4. The molecule has 0 saturated heterocycles. The van der Waals surface area contributed by atoms with E-state index in [-0.39, 0.29) is 0 Å². The summed E-state index contributed by atoms with van der Waals surface area (Å²) in [4.78, 5) is 6.55. The van der Waals surface area contributed by atoms with E-state index in [1.54, 1.807) is 12.1 Å². The largest absolute Gasteiger partial charge is 0.375 e. The number of anilines is 1. The van der Waals surface area contributed by atoms with Gasteiger partial charge in [-0.25, -0.2) is 4.98 Å². The van der Waals surface area contributed by atoms with Gasteiger partial charge in [-0.2, -0.15) is 0 Å². The maximum atomic E-state index is 6.01. The quantitative estimate of drug-likeness (QED) is 0.497. The fourth-order valence-electron chi connectivity index (χ4n) is 2.01. The molecule has 0 spiro atoms. The molecule has 0 aliphatic carbocycles. The van der Waals surface area contributed by atoms with Gasteiger partial charge in [0.15, 0.2) is 0 Å². The second-order valence-corrected chi connectivity index (χ2v) is 6.78. The first kappa shape index (κ1) is 16.2. The fraction of sp³-hybridized carbons (Fsp3) is 0.188. The Morgan fingerprint density at radius 1 is 1.09 bits per heavy atom. The zero-order valence-electron chi connectivity index (χ0n) is 12.6. The fourth-order valence-corrected chi connectivity index (χ4v) is 3.21. The maximum Gasteiger partial charge on any atom is 0.231 e. The third-order valence-corrected chi connectivity index (χ3v) is 5.06. The van der Waals surface area contributed by atoms with Crippen molar-refractivity contribution in [2.75, 3.05) is 18.5 Å². The predicted octanol–water partition coefficient (Wildman–Crippen LogP) is 6.47. The molecule has 1 heterocycles. The van der Waals surface area contributed by atoms with Crippen LogP contribution in [0.1, 0.15) is 6.92 Å². The molecule has 4 nitrogen and oxygen atoms in total. The summed E-state index contributed by atoms with van der Waals surface area (Å²) >= 11 is 13.4. The van der Waals surface area contributed by atoms with Gasteiger partial charge in [0.05, 0.1) is 25.9 Å². The van der Waals surface area contributed by atoms with Gasteiger partial charge >= 0.3 is 0 Å². The highest BCUT2D eigenvalue weighted by molar-refractivity contribution is 7.22. The number of thiazole rings is 1. The average molecular weight is 365 g/mol. The van der Waals surface area contributed by atoms with E-state index in [9.17, 15) is 0 Å². The Labute approximate surface area is 148 Å². The lowest BCUT2D eigenvalue weighted by atomic mass is 10.2. The van der Waals surface area contributed by atoms with Crippen LogP contribution in [-0.4, -0.2) is 18.6 Å². The molecule has 3 aromatic rings. The van der Waals surface area contributed by atoms with Crippen LogP contribution in [0.4, 0.5) is 16.5 Å². The van der Waals surface area contributed by atoms with E-state index in [0.717, 1.165) is 28.1 Å². The van der Waals surface area contributed by atoms with Gasteiger partial charge in [-0.05, 0) is 43.3 Å². The minimum atomic E-state index is 0.489. The van der Waals surface area contributed by atoms with Gasteiger partial charge in [0.2, 0.25) is 5.13 Å². The van der Waals surface area contributed by atoms with E-state index >= 15 is 0 Å². The lowest BCUT2D eigenvalue weighted by Crippen LogP contribution is -2.15. The lowest BCUT2D eigenvalue weighted by Gasteiger charge is -2.16. The summed E-state index contributed by atoms with van der Waals surface area (Å²) in [5.41, 5.74) is 2.71. The smallest absolute Gasteiger partial charge is 0.231 e. The topological polar surface area (TPSA) is 40.9 Å². The number of hydrogen-bond donors (Lipinski definition) is 0. The molecule has 23 heavy (non-hydrogen) atoms. The van der Waals surface area contributed by atoms with Crippen LogP contribution in [0.2, 0.25) is 10.0 Å². The second kappa shape index (κ2) is 6.83. The van der Waals surface area contributed by atoms with E-state index < -0.39 is 0 Å². The van der Waals surface area contributed by atoms with Gasteiger partial charge < -0.3 is 4.90 Å². The van der Waals surface area contributed by atoms with Crippen LogP contribution in [0.3, 0.4) is 0 Å². The van der Waals surface area contributed by atoms with E-state index in [4.69, 9.17) is 23.2 Å². The molecule has 0 unspecified atom stereocenters. The molecule has 0 atom stereocenters. The molecular weight excluding hydrogens is 351 g/mol. The molecule has 0 N–H and O–H groups in total. The zero-order chi connectivity index (χ0) is 16.4. The first-order valence-electron chi connectivity index (χ1n) is 7.05. The van der Waals surface area contributed by atoms with Crippen LogP contribution in [-0.2, 0) is 0 Å². The van der Waals surface area contributed by atoms with Crippen molar-refractivity contribution in [1.82, 2.24) is 4.98 Å². The summed E-state index contributed by atoms with van der Waals surface area (Å²) < 4.78 is 0.938. The summed E-state index contributed by atoms with van der Waals surface area (Å²) in [5.74, 6) is 0. The first-order valence-corrected chi connectivity index (χ1v) is 8.62. The molecule has 0 aliphatic rings. The van der Waals surface area contributed by atoms with Crippen LogP contribution in [0.15, 0.2) is 46.6 Å². The summed E-state index contributed by atoms with van der Waals surface area (Å²) in [6.07, 6.45) is 0. The Hall–Kier alpha value is -1.69. The standard InChI is InChI=1S/C16H14Cl2N4S/c1-3-22(2)11-6-4-10(5-7-11)20-21-16-19-14-8-12(17)13(18)9-15(14)23-16/h4-9H,3H2,1-2H3. The van der Waals surface area contributed by atoms with Crippen molar-refractivity contribution in [2.24, 2.45) is 10.2 Å². The molecule has 0 amide bonds. The van der Waals surface area contributed by atoms with Crippen molar-refractivity contribution in [1.29, 1.82) is 0 Å². The average Bonchev–Trinajstić information content (AvgIpc) is 2.95. The Bertz CT molecular complexity index is 819. The van der Waals surface area contributed by atoms with Crippen molar-refractivity contribution in [2.45, 2.75) is 6.92 Å². The van der Waals surface area contributed by atoms with Gasteiger partial charge in [-0.1, -0.05) is 34.5 Å². The van der Waals surface area contributed by atoms with Crippen LogP contribution < -0.4 is 4.90 Å². The van der Waals surface area contributed by atoms with Crippen LogP contribution >= 0.6 is 34.5 Å². The monoisotopic (exact) mass is 364 g/mol. The van der Waals surface area contributed by atoms with Gasteiger partial charge in [-0.15, -0.1) is 10.2 Å². The van der Waals surface area contributed by atoms with Crippen LogP contribution in [0.25, 0.3) is 10.2 Å². The highest BCUT2D eigenvalue weighted by Gasteiger charge is 2.07. The molecule has 0 saturated carbocycles. The van der Waals surface area contributed by atoms with E-state index in [0.29, 0.717) is 15.2 Å². The number of halogens is 2. The predicted molar refractivity (Wildman–Crippen MR) is 99.2 cm³/mol.